The summed E-state index contributed by atoms with van der Waals surface area (Å²) in [4.78, 5) is 24.1. The highest BCUT2D eigenvalue weighted by Gasteiger charge is 2.27. The lowest BCUT2D eigenvalue weighted by atomic mass is 9.95. The summed E-state index contributed by atoms with van der Waals surface area (Å²) in [6.07, 6.45) is 0. The molecule has 1 unspecified atom stereocenters. The molecule has 0 N–H and O–H groups in total. The van der Waals surface area contributed by atoms with Gasteiger partial charge in [-0.1, -0.05) is 36.4 Å². The molecule has 0 saturated carbocycles. The summed E-state index contributed by atoms with van der Waals surface area (Å²) in [6, 6.07) is 14.8. The van der Waals surface area contributed by atoms with Gasteiger partial charge in [0, 0.05) is 0 Å². The van der Waals surface area contributed by atoms with Gasteiger partial charge in [-0.05, 0) is 37.1 Å². The predicted octanol–water partition coefficient (Wildman–Crippen LogP) is 3.53. The maximum Gasteiger partial charge on any atom is 0.320 e. The normalized spacial score (nSPS) is 11.5. The Kier molecular flexibility index (Phi) is 8.49. The number of Topliss-reactive ketones (excluding diaryl/α,β-unsaturated/α-hetero) is 1. The standard InChI is InChI=1S/C22H26O6/c1-4-27-22(24)21(16(2)23)18-10-11-19(25-3)20(14-18)28-13-12-26-15-17-8-6-5-7-9-17/h5-11,14,21H,4,12-13,15H2,1-3H3. The Morgan fingerprint density at radius 3 is 2.39 bits per heavy atom. The highest BCUT2D eigenvalue weighted by atomic mass is 16.5. The Hall–Kier alpha value is -2.86. The first kappa shape index (κ1) is 21.4. The molecule has 2 aromatic rings. The molecule has 0 amide bonds. The van der Waals surface area contributed by atoms with E-state index in [1.807, 2.05) is 30.3 Å². The third-order valence-electron chi connectivity index (χ3n) is 4.05. The minimum Gasteiger partial charge on any atom is -0.493 e. The Bertz CT molecular complexity index is 772. The molecule has 0 radical (unpaired) electrons. The molecule has 2 rings (SSSR count). The maximum atomic E-state index is 12.1. The second kappa shape index (κ2) is 11.1. The van der Waals surface area contributed by atoms with Gasteiger partial charge in [-0.25, -0.2) is 0 Å². The molecule has 0 aliphatic rings. The number of methoxy groups -OCH3 is 1. The molecule has 0 saturated heterocycles. The zero-order valence-electron chi connectivity index (χ0n) is 16.5. The van der Waals surface area contributed by atoms with Crippen molar-refractivity contribution in [3.8, 4) is 11.5 Å². The Balaban J connectivity index is 2.01. The predicted molar refractivity (Wildman–Crippen MR) is 105 cm³/mol. The van der Waals surface area contributed by atoms with E-state index in [9.17, 15) is 9.59 Å². The minimum absolute atomic E-state index is 0.209. The van der Waals surface area contributed by atoms with E-state index in [2.05, 4.69) is 0 Å². The van der Waals surface area contributed by atoms with E-state index in [1.165, 1.54) is 14.0 Å². The number of hydrogen-bond donors (Lipinski definition) is 0. The third-order valence-corrected chi connectivity index (χ3v) is 4.05. The van der Waals surface area contributed by atoms with Gasteiger partial charge >= 0.3 is 5.97 Å². The molecule has 0 heterocycles. The molecule has 6 nitrogen and oxygen atoms in total. The highest BCUT2D eigenvalue weighted by Crippen LogP contribution is 2.32. The number of carbonyl (C=O) groups is 2. The average Bonchev–Trinajstić information content (AvgIpc) is 2.69. The largest absolute Gasteiger partial charge is 0.493 e. The fourth-order valence-corrected chi connectivity index (χ4v) is 2.72. The van der Waals surface area contributed by atoms with E-state index >= 15 is 0 Å². The zero-order chi connectivity index (χ0) is 20.4. The molecular formula is C22H26O6. The molecule has 0 spiro atoms. The summed E-state index contributed by atoms with van der Waals surface area (Å²) in [5.74, 6) is -0.891. The van der Waals surface area contributed by atoms with Crippen LogP contribution in [0.3, 0.4) is 0 Å². The lowest BCUT2D eigenvalue weighted by Crippen LogP contribution is -2.22. The Morgan fingerprint density at radius 1 is 1.00 bits per heavy atom. The number of hydrogen-bond acceptors (Lipinski definition) is 6. The van der Waals surface area contributed by atoms with Crippen LogP contribution in [0.5, 0.6) is 11.5 Å². The smallest absolute Gasteiger partial charge is 0.320 e. The fraction of sp³-hybridized carbons (Fsp3) is 0.364. The van der Waals surface area contributed by atoms with Crippen molar-refractivity contribution in [3.63, 3.8) is 0 Å². The van der Waals surface area contributed by atoms with Gasteiger partial charge in [0.2, 0.25) is 0 Å². The van der Waals surface area contributed by atoms with Gasteiger partial charge in [0.25, 0.3) is 0 Å². The first-order valence-corrected chi connectivity index (χ1v) is 9.16. The van der Waals surface area contributed by atoms with Crippen molar-refractivity contribution in [1.29, 1.82) is 0 Å². The molecule has 2 aromatic carbocycles. The first-order valence-electron chi connectivity index (χ1n) is 9.16. The van der Waals surface area contributed by atoms with E-state index in [4.69, 9.17) is 18.9 Å². The van der Waals surface area contributed by atoms with Crippen molar-refractivity contribution < 1.29 is 28.5 Å². The first-order chi connectivity index (χ1) is 13.6. The van der Waals surface area contributed by atoms with Crippen LogP contribution in [0.15, 0.2) is 48.5 Å². The zero-order valence-corrected chi connectivity index (χ0v) is 16.5. The second-order valence-electron chi connectivity index (χ2n) is 6.09. The van der Waals surface area contributed by atoms with Gasteiger partial charge in [0.15, 0.2) is 11.5 Å². The molecular weight excluding hydrogens is 360 g/mol. The van der Waals surface area contributed by atoms with Crippen LogP contribution < -0.4 is 9.47 Å². The molecule has 0 aromatic heterocycles. The van der Waals surface area contributed by atoms with Crippen LogP contribution >= 0.6 is 0 Å². The van der Waals surface area contributed by atoms with Crippen molar-refractivity contribution in [1.82, 2.24) is 0 Å². The molecule has 0 bridgehead atoms. The number of ether oxygens (including phenoxy) is 4. The summed E-state index contributed by atoms with van der Waals surface area (Å²) >= 11 is 0. The van der Waals surface area contributed by atoms with E-state index in [-0.39, 0.29) is 12.4 Å². The van der Waals surface area contributed by atoms with Crippen LogP contribution in [0, 0.1) is 0 Å². The lowest BCUT2D eigenvalue weighted by Gasteiger charge is -2.16. The second-order valence-corrected chi connectivity index (χ2v) is 6.09. The average molecular weight is 386 g/mol. The SMILES string of the molecule is CCOC(=O)C(C(C)=O)c1ccc(OC)c(OCCOCc2ccccc2)c1. The Labute approximate surface area is 165 Å². The van der Waals surface area contributed by atoms with Gasteiger partial charge in [0.05, 0.1) is 26.9 Å². The molecule has 28 heavy (non-hydrogen) atoms. The fourth-order valence-electron chi connectivity index (χ4n) is 2.72. The quantitative estimate of drug-likeness (QED) is 0.334. The van der Waals surface area contributed by atoms with Crippen molar-refractivity contribution in [3.05, 3.63) is 59.7 Å². The number of ketones is 1. The highest BCUT2D eigenvalue weighted by molar-refractivity contribution is 6.03. The van der Waals surface area contributed by atoms with Gasteiger partial charge in [0.1, 0.15) is 18.3 Å². The molecule has 6 heteroatoms. The monoisotopic (exact) mass is 386 g/mol. The molecule has 0 aliphatic heterocycles. The summed E-state index contributed by atoms with van der Waals surface area (Å²) < 4.78 is 21.7. The minimum atomic E-state index is -0.984. The molecule has 0 aliphatic carbocycles. The van der Waals surface area contributed by atoms with Crippen molar-refractivity contribution in [2.24, 2.45) is 0 Å². The molecule has 0 fully saturated rings. The van der Waals surface area contributed by atoms with Gasteiger partial charge in [-0.2, -0.15) is 0 Å². The number of carbonyl (C=O) groups excluding carboxylic acids is 2. The maximum absolute atomic E-state index is 12.1. The topological polar surface area (TPSA) is 71.1 Å². The van der Waals surface area contributed by atoms with E-state index < -0.39 is 11.9 Å². The van der Waals surface area contributed by atoms with Crippen LogP contribution in [0.25, 0.3) is 0 Å². The molecule has 150 valence electrons. The van der Waals surface area contributed by atoms with E-state index in [0.29, 0.717) is 36.9 Å². The van der Waals surface area contributed by atoms with Gasteiger partial charge in [-0.15, -0.1) is 0 Å². The van der Waals surface area contributed by atoms with Crippen LogP contribution in [0.2, 0.25) is 0 Å². The number of esters is 1. The summed E-state index contributed by atoms with van der Waals surface area (Å²) in [7, 11) is 1.53. The van der Waals surface area contributed by atoms with Crippen LogP contribution in [-0.4, -0.2) is 38.7 Å². The van der Waals surface area contributed by atoms with Crippen LogP contribution in [-0.2, 0) is 25.7 Å². The van der Waals surface area contributed by atoms with E-state index in [1.54, 1.807) is 25.1 Å². The van der Waals surface area contributed by atoms with Crippen LogP contribution in [0.4, 0.5) is 0 Å². The van der Waals surface area contributed by atoms with Crippen molar-refractivity contribution in [2.75, 3.05) is 26.9 Å². The Morgan fingerprint density at radius 2 is 1.75 bits per heavy atom. The number of rotatable bonds is 11. The van der Waals surface area contributed by atoms with Crippen molar-refractivity contribution in [2.45, 2.75) is 26.4 Å². The van der Waals surface area contributed by atoms with E-state index in [0.717, 1.165) is 5.56 Å². The summed E-state index contributed by atoms with van der Waals surface area (Å²) in [5, 5.41) is 0. The van der Waals surface area contributed by atoms with Crippen molar-refractivity contribution >= 4 is 11.8 Å². The number of benzene rings is 2. The lowest BCUT2D eigenvalue weighted by molar-refractivity contribution is -0.147. The van der Waals surface area contributed by atoms with Gasteiger partial charge < -0.3 is 18.9 Å². The third kappa shape index (κ3) is 6.09. The summed E-state index contributed by atoms with van der Waals surface area (Å²) in [5.41, 5.74) is 1.59. The van der Waals surface area contributed by atoms with Crippen LogP contribution in [0.1, 0.15) is 30.9 Å². The summed E-state index contributed by atoms with van der Waals surface area (Å²) in [6.45, 7) is 4.46. The molecule has 1 atom stereocenters. The van der Waals surface area contributed by atoms with Gasteiger partial charge in [-0.3, -0.25) is 9.59 Å².